The number of hydrogen-bond acceptors (Lipinski definition) is 12. The lowest BCUT2D eigenvalue weighted by Crippen LogP contribution is -2.30. The molecule has 0 saturated carbocycles. The fourth-order valence-corrected chi connectivity index (χ4v) is 2.68. The molecule has 200 valence electrons. The second kappa shape index (κ2) is 17.3. The van der Waals surface area contributed by atoms with Gasteiger partial charge in [-0.1, -0.05) is 33.9 Å². The van der Waals surface area contributed by atoms with E-state index in [0.29, 0.717) is 19.5 Å². The number of nitrogens with one attached hydrogen (secondary N) is 2. The summed E-state index contributed by atoms with van der Waals surface area (Å²) in [5, 5.41) is 0. The molecule has 0 heterocycles. The first-order valence-electron chi connectivity index (χ1n) is 11.1. The molecule has 0 aliphatic carbocycles. The highest BCUT2D eigenvalue weighted by Gasteiger charge is 2.21. The molecule has 0 spiro atoms. The summed E-state index contributed by atoms with van der Waals surface area (Å²) in [6.45, 7) is 16.4. The van der Waals surface area contributed by atoms with E-state index in [9.17, 15) is 19.2 Å². The van der Waals surface area contributed by atoms with Crippen LogP contribution in [0.5, 0.6) is 0 Å². The Morgan fingerprint density at radius 1 is 0.771 bits per heavy atom. The van der Waals surface area contributed by atoms with Crippen molar-refractivity contribution in [1.82, 2.24) is 11.0 Å². The summed E-state index contributed by atoms with van der Waals surface area (Å²) in [6.07, 6.45) is -0.378. The third kappa shape index (κ3) is 17.9. The Morgan fingerprint density at radius 3 is 1.66 bits per heavy atom. The van der Waals surface area contributed by atoms with Crippen molar-refractivity contribution in [2.75, 3.05) is 39.5 Å². The average molecular weight is 503 g/mol. The smallest absolute Gasteiger partial charge is 0.459 e. The Kier molecular flexibility index (Phi) is 15.8. The molecule has 0 amide bonds. The quantitative estimate of drug-likeness (QED) is 0.0990. The van der Waals surface area contributed by atoms with E-state index in [4.69, 9.17) is 28.6 Å². The van der Waals surface area contributed by atoms with E-state index in [2.05, 4.69) is 38.0 Å². The molecule has 35 heavy (non-hydrogen) atoms. The highest BCUT2D eigenvalue weighted by Crippen LogP contribution is 2.28. The van der Waals surface area contributed by atoms with Crippen molar-refractivity contribution in [3.63, 3.8) is 0 Å². The van der Waals surface area contributed by atoms with Crippen LogP contribution in [0.4, 0.5) is 9.59 Å². The Balaban J connectivity index is 3.88. The summed E-state index contributed by atoms with van der Waals surface area (Å²) in [5.41, 5.74) is 5.51. The van der Waals surface area contributed by atoms with Gasteiger partial charge in [0.15, 0.2) is 0 Å². The summed E-state index contributed by atoms with van der Waals surface area (Å²) in [6, 6.07) is 0. The Bertz CT molecular complexity index is 736. The van der Waals surface area contributed by atoms with Crippen LogP contribution < -0.4 is 11.0 Å². The van der Waals surface area contributed by atoms with Gasteiger partial charge in [-0.2, -0.15) is 0 Å². The van der Waals surface area contributed by atoms with Crippen molar-refractivity contribution >= 4 is 24.2 Å². The summed E-state index contributed by atoms with van der Waals surface area (Å²) < 4.78 is 19.1. The van der Waals surface area contributed by atoms with E-state index in [1.807, 2.05) is 6.92 Å². The number of ether oxygens (including phenoxy) is 4. The number of carbonyl (C=O) groups excluding carboxylic acids is 4. The summed E-state index contributed by atoms with van der Waals surface area (Å²) in [5.74, 6) is -0.962. The predicted molar refractivity (Wildman–Crippen MR) is 125 cm³/mol. The average Bonchev–Trinajstić information content (AvgIpc) is 2.76. The fraction of sp³-hybridized carbons (Fsp3) is 0.652. The van der Waals surface area contributed by atoms with Crippen LogP contribution >= 0.6 is 0 Å². The van der Waals surface area contributed by atoms with Gasteiger partial charge in [0.1, 0.15) is 26.4 Å². The standard InChI is InChI=1S/C23H38N2O10/c1-16(2)19(26)30-10-12-32-21(28)34-24-9-8-23(6,7)14-18(5)15-25-35-22(29)33-13-11-31-20(27)17(3)4/h18,24-25H,1,3,8-15H2,2,4-7H3. The minimum Gasteiger partial charge on any atom is -0.459 e. The molecule has 0 fully saturated rings. The van der Waals surface area contributed by atoms with Crippen LogP contribution in [0, 0.1) is 11.3 Å². The van der Waals surface area contributed by atoms with Crippen LogP contribution in [-0.2, 0) is 38.2 Å². The molecule has 0 radical (unpaired) electrons. The van der Waals surface area contributed by atoms with Crippen LogP contribution in [0.15, 0.2) is 24.3 Å². The van der Waals surface area contributed by atoms with Crippen molar-refractivity contribution in [3.8, 4) is 0 Å². The molecular formula is C23H38N2O10. The number of hydrogen-bond donors (Lipinski definition) is 2. The molecule has 0 rings (SSSR count). The van der Waals surface area contributed by atoms with E-state index >= 15 is 0 Å². The first-order valence-corrected chi connectivity index (χ1v) is 11.1. The monoisotopic (exact) mass is 502 g/mol. The Hall–Kier alpha value is -3.12. The van der Waals surface area contributed by atoms with E-state index in [1.54, 1.807) is 0 Å². The van der Waals surface area contributed by atoms with Gasteiger partial charge in [0, 0.05) is 24.2 Å². The third-order valence-electron chi connectivity index (χ3n) is 4.32. The van der Waals surface area contributed by atoms with Gasteiger partial charge < -0.3 is 28.6 Å². The molecule has 2 N–H and O–H groups in total. The zero-order valence-electron chi connectivity index (χ0n) is 21.2. The first kappa shape index (κ1) is 31.9. The Labute approximate surface area is 206 Å². The molecule has 0 bridgehead atoms. The molecule has 0 aliphatic heterocycles. The molecule has 0 aromatic rings. The topological polar surface area (TPSA) is 148 Å². The van der Waals surface area contributed by atoms with Gasteiger partial charge in [0.05, 0.1) is 0 Å². The van der Waals surface area contributed by atoms with Crippen LogP contribution in [0.3, 0.4) is 0 Å². The molecule has 1 atom stereocenters. The van der Waals surface area contributed by atoms with Crippen molar-refractivity contribution < 1.29 is 47.8 Å². The summed E-state index contributed by atoms with van der Waals surface area (Å²) in [7, 11) is 0. The molecule has 0 aromatic heterocycles. The van der Waals surface area contributed by atoms with Crippen molar-refractivity contribution in [2.24, 2.45) is 11.3 Å². The van der Waals surface area contributed by atoms with Crippen molar-refractivity contribution in [2.45, 2.75) is 47.5 Å². The summed E-state index contributed by atoms with van der Waals surface area (Å²) >= 11 is 0. The minimum atomic E-state index is -0.926. The van der Waals surface area contributed by atoms with E-state index in [1.165, 1.54) is 13.8 Å². The maximum Gasteiger partial charge on any atom is 0.527 e. The maximum absolute atomic E-state index is 11.5. The van der Waals surface area contributed by atoms with E-state index < -0.39 is 24.2 Å². The van der Waals surface area contributed by atoms with Crippen molar-refractivity contribution in [3.05, 3.63) is 24.3 Å². The lowest BCUT2D eigenvalue weighted by Gasteiger charge is -2.28. The number of hydroxylamine groups is 2. The molecule has 12 nitrogen and oxygen atoms in total. The van der Waals surface area contributed by atoms with E-state index in [0.717, 1.165) is 6.42 Å². The molecule has 12 heteroatoms. The van der Waals surface area contributed by atoms with Crippen LogP contribution in [0.2, 0.25) is 0 Å². The van der Waals surface area contributed by atoms with Gasteiger partial charge in [-0.05, 0) is 38.0 Å². The SMILES string of the molecule is C=C(C)C(=O)OCCOC(=O)ONCCC(C)(C)CC(C)CNOC(=O)OCCOC(=O)C(=C)C. The van der Waals surface area contributed by atoms with Gasteiger partial charge in [-0.15, -0.1) is 11.0 Å². The normalized spacial score (nSPS) is 11.6. The molecule has 0 aliphatic rings. The largest absolute Gasteiger partial charge is 0.527 e. The lowest BCUT2D eigenvalue weighted by atomic mass is 9.80. The zero-order chi connectivity index (χ0) is 26.9. The van der Waals surface area contributed by atoms with Crippen LogP contribution in [0.25, 0.3) is 0 Å². The first-order chi connectivity index (χ1) is 16.3. The van der Waals surface area contributed by atoms with Gasteiger partial charge in [0.25, 0.3) is 0 Å². The Morgan fingerprint density at radius 2 is 1.20 bits per heavy atom. The lowest BCUT2D eigenvalue weighted by molar-refractivity contribution is -0.141. The fourth-order valence-electron chi connectivity index (χ4n) is 2.68. The number of esters is 2. The molecule has 1 unspecified atom stereocenters. The second-order valence-electron chi connectivity index (χ2n) is 8.70. The van der Waals surface area contributed by atoms with Crippen LogP contribution in [0.1, 0.15) is 47.5 Å². The predicted octanol–water partition coefficient (Wildman–Crippen LogP) is 2.98. The number of rotatable bonds is 17. The maximum atomic E-state index is 11.5. The molecular weight excluding hydrogens is 464 g/mol. The van der Waals surface area contributed by atoms with Gasteiger partial charge in [-0.3, -0.25) is 0 Å². The molecule has 0 saturated heterocycles. The minimum absolute atomic E-state index is 0.0912. The van der Waals surface area contributed by atoms with Gasteiger partial charge in [0.2, 0.25) is 0 Å². The van der Waals surface area contributed by atoms with Gasteiger partial charge >= 0.3 is 24.2 Å². The van der Waals surface area contributed by atoms with Gasteiger partial charge in [-0.25, -0.2) is 19.2 Å². The van der Waals surface area contributed by atoms with Crippen LogP contribution in [-0.4, -0.2) is 63.8 Å². The zero-order valence-corrected chi connectivity index (χ0v) is 21.2. The summed E-state index contributed by atoms with van der Waals surface area (Å²) in [4.78, 5) is 54.9. The third-order valence-corrected chi connectivity index (χ3v) is 4.32. The second-order valence-corrected chi connectivity index (χ2v) is 8.70. The highest BCUT2D eigenvalue weighted by atomic mass is 16.8. The highest BCUT2D eigenvalue weighted by molar-refractivity contribution is 5.87. The van der Waals surface area contributed by atoms with Crippen molar-refractivity contribution in [1.29, 1.82) is 0 Å². The molecule has 0 aromatic carbocycles. The van der Waals surface area contributed by atoms with E-state index in [-0.39, 0.29) is 48.9 Å². The number of carbonyl (C=O) groups is 4.